The third-order valence-electron chi connectivity index (χ3n) is 2.44. The van der Waals surface area contributed by atoms with E-state index in [1.807, 2.05) is 0 Å². The van der Waals surface area contributed by atoms with Crippen LogP contribution < -0.4 is 5.32 Å². The molecule has 0 aromatic heterocycles. The highest BCUT2D eigenvalue weighted by Gasteiger charge is 2.39. The van der Waals surface area contributed by atoms with Gasteiger partial charge in [0.2, 0.25) is 0 Å². The Morgan fingerprint density at radius 3 is 2.31 bits per heavy atom. The van der Waals surface area contributed by atoms with Crippen LogP contribution in [-0.2, 0) is 13.3 Å². The molecular formula is C10H25NO4Si. The summed E-state index contributed by atoms with van der Waals surface area (Å²) in [5.41, 5.74) is 0. The maximum Gasteiger partial charge on any atom is 0.676 e. The molecule has 0 spiro atoms. The van der Waals surface area contributed by atoms with Crippen molar-refractivity contribution in [1.82, 2.24) is 5.32 Å². The van der Waals surface area contributed by atoms with Gasteiger partial charge in [0.15, 0.2) is 0 Å². The molecule has 98 valence electrons. The molecule has 0 heterocycles. The summed E-state index contributed by atoms with van der Waals surface area (Å²) in [6.45, 7) is 5.61. The second-order valence-corrected chi connectivity index (χ2v) is 5.81. The molecule has 0 aliphatic carbocycles. The highest BCUT2D eigenvalue weighted by Crippen LogP contribution is 2.04. The number of hydrogen-bond acceptors (Lipinski definition) is 5. The molecule has 0 radical (unpaired) electrons. The Hall–Kier alpha value is 0.0169. The average Bonchev–Trinajstić information content (AvgIpc) is 2.33. The van der Waals surface area contributed by atoms with E-state index in [1.54, 1.807) is 0 Å². The zero-order valence-electron chi connectivity index (χ0n) is 10.8. The molecule has 2 N–H and O–H groups in total. The van der Waals surface area contributed by atoms with Gasteiger partial charge in [-0.05, 0) is 19.4 Å². The Balaban J connectivity index is 3.84. The molecule has 0 fully saturated rings. The van der Waals surface area contributed by atoms with E-state index in [1.165, 1.54) is 20.6 Å². The fourth-order valence-electron chi connectivity index (χ4n) is 1.21. The molecule has 0 aliphatic heterocycles. The molecule has 0 rings (SSSR count). The van der Waals surface area contributed by atoms with Crippen LogP contribution in [-0.4, -0.2) is 47.3 Å². The Morgan fingerprint density at radius 1 is 1.25 bits per heavy atom. The topological polar surface area (TPSA) is 60.0 Å². The summed E-state index contributed by atoms with van der Waals surface area (Å²) in [6, 6.07) is 0.232. The van der Waals surface area contributed by atoms with Gasteiger partial charge in [-0.1, -0.05) is 20.3 Å². The maximum absolute atomic E-state index is 9.69. The fourth-order valence-corrected chi connectivity index (χ4v) is 2.03. The summed E-state index contributed by atoms with van der Waals surface area (Å²) in [6.07, 6.45) is 3.26. The zero-order valence-corrected chi connectivity index (χ0v) is 11.8. The zero-order chi connectivity index (χ0) is 12.4. The van der Waals surface area contributed by atoms with E-state index in [2.05, 4.69) is 19.2 Å². The van der Waals surface area contributed by atoms with Gasteiger partial charge < -0.3 is 23.4 Å². The standard InChI is InChI=1S/C10H25NO4Si/c1-5-7-8-11-10(6-2)9-15-16(12,13-3)14-4/h10-12H,5-9H2,1-4H3. The second-order valence-electron chi connectivity index (χ2n) is 3.66. The van der Waals surface area contributed by atoms with Crippen LogP contribution in [0.15, 0.2) is 0 Å². The van der Waals surface area contributed by atoms with E-state index in [-0.39, 0.29) is 6.04 Å². The van der Waals surface area contributed by atoms with E-state index in [0.717, 1.165) is 19.4 Å². The Labute approximate surface area is 99.6 Å². The van der Waals surface area contributed by atoms with E-state index in [4.69, 9.17) is 13.3 Å². The lowest BCUT2D eigenvalue weighted by molar-refractivity contribution is 0.0167. The molecule has 0 amide bonds. The van der Waals surface area contributed by atoms with Crippen molar-refractivity contribution in [3.05, 3.63) is 0 Å². The Bertz CT molecular complexity index is 167. The third kappa shape index (κ3) is 6.57. The van der Waals surface area contributed by atoms with Gasteiger partial charge in [0.25, 0.3) is 0 Å². The summed E-state index contributed by atoms with van der Waals surface area (Å²) < 4.78 is 15.0. The average molecular weight is 251 g/mol. The van der Waals surface area contributed by atoms with Gasteiger partial charge in [-0.3, -0.25) is 0 Å². The predicted molar refractivity (Wildman–Crippen MR) is 64.9 cm³/mol. The van der Waals surface area contributed by atoms with Gasteiger partial charge in [-0.15, -0.1) is 0 Å². The third-order valence-corrected chi connectivity index (χ3v) is 4.00. The number of unbranched alkanes of at least 4 members (excludes halogenated alkanes) is 1. The molecule has 1 atom stereocenters. The summed E-state index contributed by atoms with van der Waals surface area (Å²) in [5, 5.41) is 3.37. The fraction of sp³-hybridized carbons (Fsp3) is 1.00. The number of hydrogen-bond donors (Lipinski definition) is 2. The molecule has 16 heavy (non-hydrogen) atoms. The normalized spacial score (nSPS) is 14.1. The Morgan fingerprint density at radius 2 is 1.88 bits per heavy atom. The summed E-state index contributed by atoms with van der Waals surface area (Å²) in [7, 11) is -0.584. The van der Waals surface area contributed by atoms with Crippen molar-refractivity contribution in [1.29, 1.82) is 0 Å². The maximum atomic E-state index is 9.69. The van der Waals surface area contributed by atoms with Crippen LogP contribution >= 0.6 is 0 Å². The lowest BCUT2D eigenvalue weighted by Gasteiger charge is -2.23. The minimum atomic E-state index is -3.36. The quantitative estimate of drug-likeness (QED) is 0.446. The van der Waals surface area contributed by atoms with Gasteiger partial charge in [0.1, 0.15) is 0 Å². The van der Waals surface area contributed by atoms with Gasteiger partial charge in [-0.25, -0.2) is 0 Å². The summed E-state index contributed by atoms with van der Waals surface area (Å²) in [5.74, 6) is 0. The van der Waals surface area contributed by atoms with E-state index in [0.29, 0.717) is 6.61 Å². The van der Waals surface area contributed by atoms with Crippen molar-refractivity contribution in [2.75, 3.05) is 27.4 Å². The first-order chi connectivity index (χ1) is 7.61. The molecule has 5 nitrogen and oxygen atoms in total. The minimum absolute atomic E-state index is 0.232. The molecule has 0 saturated heterocycles. The smallest absolute Gasteiger partial charge is 0.367 e. The lowest BCUT2D eigenvalue weighted by atomic mass is 10.2. The predicted octanol–water partition coefficient (Wildman–Crippen LogP) is 0.892. The molecule has 1 unspecified atom stereocenters. The molecule has 0 aromatic carbocycles. The first kappa shape index (κ1) is 16.0. The Kier molecular flexibility index (Phi) is 9.10. The molecule has 0 saturated carbocycles. The van der Waals surface area contributed by atoms with Crippen LogP contribution in [0.1, 0.15) is 33.1 Å². The summed E-state index contributed by atoms with van der Waals surface area (Å²) >= 11 is 0. The van der Waals surface area contributed by atoms with Crippen LogP contribution in [0, 0.1) is 0 Å². The van der Waals surface area contributed by atoms with Crippen molar-refractivity contribution in [3.8, 4) is 0 Å². The van der Waals surface area contributed by atoms with Crippen LogP contribution in [0.25, 0.3) is 0 Å². The first-order valence-corrected chi connectivity index (χ1v) is 7.49. The number of rotatable bonds is 10. The molecule has 0 bridgehead atoms. The molecule has 0 aromatic rings. The minimum Gasteiger partial charge on any atom is -0.367 e. The van der Waals surface area contributed by atoms with Crippen molar-refractivity contribution in [2.24, 2.45) is 0 Å². The van der Waals surface area contributed by atoms with Gasteiger partial charge in [0.05, 0.1) is 6.61 Å². The van der Waals surface area contributed by atoms with Crippen molar-refractivity contribution in [2.45, 2.75) is 39.2 Å². The second kappa shape index (κ2) is 9.09. The van der Waals surface area contributed by atoms with Gasteiger partial charge >= 0.3 is 9.05 Å². The monoisotopic (exact) mass is 251 g/mol. The first-order valence-electron chi connectivity index (χ1n) is 5.81. The molecule has 6 heteroatoms. The molecule has 0 aliphatic rings. The van der Waals surface area contributed by atoms with Crippen molar-refractivity contribution >= 4 is 9.05 Å². The SMILES string of the molecule is CCCCNC(CC)CO[Si](O)(OC)OC. The number of nitrogens with one attached hydrogen (secondary N) is 1. The van der Waals surface area contributed by atoms with Gasteiger partial charge in [0, 0.05) is 20.3 Å². The van der Waals surface area contributed by atoms with Crippen molar-refractivity contribution in [3.63, 3.8) is 0 Å². The lowest BCUT2D eigenvalue weighted by Crippen LogP contribution is -2.47. The largest absolute Gasteiger partial charge is 0.676 e. The van der Waals surface area contributed by atoms with E-state index in [9.17, 15) is 4.80 Å². The van der Waals surface area contributed by atoms with E-state index < -0.39 is 9.05 Å². The van der Waals surface area contributed by atoms with Crippen LogP contribution in [0.4, 0.5) is 0 Å². The summed E-state index contributed by atoms with van der Waals surface area (Å²) in [4.78, 5) is 9.69. The molecular weight excluding hydrogens is 226 g/mol. The highest BCUT2D eigenvalue weighted by molar-refractivity contribution is 6.51. The van der Waals surface area contributed by atoms with Crippen LogP contribution in [0.3, 0.4) is 0 Å². The van der Waals surface area contributed by atoms with E-state index >= 15 is 0 Å². The highest BCUT2D eigenvalue weighted by atomic mass is 28.4. The van der Waals surface area contributed by atoms with Gasteiger partial charge in [-0.2, -0.15) is 0 Å². The van der Waals surface area contributed by atoms with Crippen LogP contribution in [0.5, 0.6) is 0 Å². The van der Waals surface area contributed by atoms with Crippen LogP contribution in [0.2, 0.25) is 0 Å². The van der Waals surface area contributed by atoms with Crippen molar-refractivity contribution < 1.29 is 18.1 Å².